The van der Waals surface area contributed by atoms with E-state index in [-0.39, 0.29) is 49.9 Å². The topological polar surface area (TPSA) is 192 Å². The van der Waals surface area contributed by atoms with Gasteiger partial charge in [0.1, 0.15) is 40.8 Å². The summed E-state index contributed by atoms with van der Waals surface area (Å²) in [6.45, 7) is 9.04. The number of nitrogens with one attached hydrogen (secondary N) is 3. The molecule has 3 heterocycles. The smallest absolute Gasteiger partial charge is 0.408 e. The molecule has 1 saturated heterocycles. The fourth-order valence-corrected chi connectivity index (χ4v) is 9.09. The van der Waals surface area contributed by atoms with Gasteiger partial charge in [0.25, 0.3) is 15.9 Å². The molecular weight excluding hydrogens is 766 g/mol. The molecule has 2 saturated carbocycles. The SMILES string of the molecule is COc1ccc2c(O[C@@H]3C[C@H]4C(=O)N[C@]5(C(=O)NS(=O)(=O)C6(Cl)CC6)CC5/C=C\CC[C@@H](C)C[C@@H](C)[C@H](NC(=O)OC(C)(C)C)C(=O)N4C3)ncc(OC)c2c1. The minimum Gasteiger partial charge on any atom is -0.497 e. The van der Waals surface area contributed by atoms with Crippen molar-refractivity contribution in [2.75, 3.05) is 20.8 Å². The molecule has 306 valence electrons. The number of sulfonamides is 1. The molecular formula is C39H52ClN5O10S. The number of nitrogens with zero attached hydrogens (tertiary/aromatic N) is 2. The number of alkyl carbamates (subject to hydrolysis) is 1. The Bertz CT molecular complexity index is 2020. The Morgan fingerprint density at radius 3 is 2.46 bits per heavy atom. The maximum atomic E-state index is 14.8. The quantitative estimate of drug-likeness (QED) is 0.250. The summed E-state index contributed by atoms with van der Waals surface area (Å²) in [7, 11) is -1.17. The molecule has 0 bridgehead atoms. The number of carbonyl (C=O) groups is 4. The first-order chi connectivity index (χ1) is 26.3. The number of halogens is 1. The predicted molar refractivity (Wildman–Crippen MR) is 208 cm³/mol. The minimum atomic E-state index is -4.24. The Morgan fingerprint density at radius 2 is 1.80 bits per heavy atom. The third-order valence-electron chi connectivity index (χ3n) is 11.0. The van der Waals surface area contributed by atoms with Crippen LogP contribution in [0.4, 0.5) is 4.79 Å². The average Bonchev–Trinajstić information content (AvgIpc) is 4.01. The van der Waals surface area contributed by atoms with Gasteiger partial charge in [-0.25, -0.2) is 22.9 Å². The Balaban J connectivity index is 1.36. The first kappa shape index (κ1) is 41.3. The molecule has 2 aliphatic heterocycles. The maximum absolute atomic E-state index is 14.8. The summed E-state index contributed by atoms with van der Waals surface area (Å²) in [4.78, 5) is 62.3. The molecule has 4 amide bonds. The Kier molecular flexibility index (Phi) is 11.5. The summed E-state index contributed by atoms with van der Waals surface area (Å²) >= 11 is 6.23. The van der Waals surface area contributed by atoms with Crippen molar-refractivity contribution in [3.05, 3.63) is 36.5 Å². The van der Waals surface area contributed by atoms with E-state index in [1.54, 1.807) is 46.1 Å². The van der Waals surface area contributed by atoms with Crippen LogP contribution >= 0.6 is 11.6 Å². The fraction of sp³-hybridized carbons (Fsp3) is 0.615. The van der Waals surface area contributed by atoms with E-state index in [0.29, 0.717) is 35.1 Å². The molecule has 56 heavy (non-hydrogen) atoms. The number of ether oxygens (including phenoxy) is 4. The first-order valence-electron chi connectivity index (χ1n) is 19.0. The van der Waals surface area contributed by atoms with Crippen molar-refractivity contribution in [2.24, 2.45) is 17.8 Å². The highest BCUT2D eigenvalue weighted by Crippen LogP contribution is 2.49. The van der Waals surface area contributed by atoms with Crippen LogP contribution in [0, 0.1) is 17.8 Å². The van der Waals surface area contributed by atoms with Crippen molar-refractivity contribution in [2.45, 2.75) is 113 Å². The molecule has 15 nitrogen and oxygen atoms in total. The maximum Gasteiger partial charge on any atom is 0.408 e. The molecule has 2 aliphatic carbocycles. The number of benzene rings is 1. The van der Waals surface area contributed by atoms with Gasteiger partial charge in [0.2, 0.25) is 17.7 Å². The standard InChI is InChI=1S/C39H52ClN5O10S/c1-22-10-8-9-11-24-19-39(24,35(48)44-56(50,51)38(40)14-15-38)43-32(46)29-18-26(54-33-27-13-12-25(52-6)17-28(27)30(53-7)20-41-33)21-45(29)34(47)31(23(2)16-22)42-36(49)55-37(3,4)5/h9,11-13,17,20,22-24,26,29,31H,8,10,14-16,18-19,21H2,1-7H3,(H,42,49)(H,43,46)(H,44,48)/b11-9-/t22-,23-,24?,26-,29+,31+,39-/m1/s1. The largest absolute Gasteiger partial charge is 0.497 e. The van der Waals surface area contributed by atoms with Crippen LogP contribution in [0.15, 0.2) is 36.5 Å². The third-order valence-corrected chi connectivity index (χ3v) is 13.8. The van der Waals surface area contributed by atoms with Crippen LogP contribution in [0.2, 0.25) is 0 Å². The molecule has 17 heteroatoms. The zero-order chi connectivity index (χ0) is 40.8. The Hall–Kier alpha value is -4.31. The number of hydrogen-bond acceptors (Lipinski definition) is 11. The van der Waals surface area contributed by atoms with Crippen molar-refractivity contribution >= 4 is 56.2 Å². The Labute approximate surface area is 332 Å². The van der Waals surface area contributed by atoms with E-state index in [4.69, 9.17) is 30.5 Å². The minimum absolute atomic E-state index is 0.00579. The van der Waals surface area contributed by atoms with E-state index < -0.39 is 73.3 Å². The summed E-state index contributed by atoms with van der Waals surface area (Å²) in [5.74, 6) is -1.53. The summed E-state index contributed by atoms with van der Waals surface area (Å²) < 4.78 is 49.7. The highest BCUT2D eigenvalue weighted by Gasteiger charge is 2.63. The molecule has 4 aliphatic rings. The van der Waals surface area contributed by atoms with Crippen LogP contribution < -0.4 is 29.6 Å². The second kappa shape index (κ2) is 15.6. The van der Waals surface area contributed by atoms with Crippen LogP contribution in [-0.4, -0.2) is 96.4 Å². The second-order valence-electron chi connectivity index (χ2n) is 16.6. The van der Waals surface area contributed by atoms with Gasteiger partial charge in [-0.05, 0) is 89.3 Å². The third kappa shape index (κ3) is 8.65. The number of methoxy groups -OCH3 is 2. The van der Waals surface area contributed by atoms with Crippen molar-refractivity contribution in [1.82, 2.24) is 25.2 Å². The lowest BCUT2D eigenvalue weighted by Crippen LogP contribution is -2.59. The molecule has 6 rings (SSSR count). The van der Waals surface area contributed by atoms with Gasteiger partial charge in [0, 0.05) is 23.1 Å². The number of pyridine rings is 1. The molecule has 3 N–H and O–H groups in total. The molecule has 1 unspecified atom stereocenters. The van der Waals surface area contributed by atoms with Crippen LogP contribution in [-0.2, 0) is 29.1 Å². The van der Waals surface area contributed by atoms with Crippen LogP contribution in [0.3, 0.4) is 0 Å². The average molecular weight is 818 g/mol. The summed E-state index contributed by atoms with van der Waals surface area (Å²) in [5.41, 5.74) is -2.44. The van der Waals surface area contributed by atoms with E-state index >= 15 is 0 Å². The van der Waals surface area contributed by atoms with Gasteiger partial charge in [-0.1, -0.05) is 37.6 Å². The highest BCUT2D eigenvalue weighted by molar-refractivity contribution is 7.93. The molecule has 0 spiro atoms. The van der Waals surface area contributed by atoms with Gasteiger partial charge in [-0.15, -0.1) is 0 Å². The van der Waals surface area contributed by atoms with E-state index in [1.165, 1.54) is 18.2 Å². The summed E-state index contributed by atoms with van der Waals surface area (Å²) in [5, 5.41) is 6.93. The van der Waals surface area contributed by atoms with Crippen molar-refractivity contribution < 1.29 is 46.5 Å². The van der Waals surface area contributed by atoms with Gasteiger partial charge in [0.05, 0.1) is 27.0 Å². The highest BCUT2D eigenvalue weighted by atomic mass is 35.5. The van der Waals surface area contributed by atoms with Crippen LogP contribution in [0.5, 0.6) is 17.4 Å². The van der Waals surface area contributed by atoms with Gasteiger partial charge in [-0.2, -0.15) is 0 Å². The van der Waals surface area contributed by atoms with Gasteiger partial charge in [0.15, 0.2) is 4.21 Å². The zero-order valence-corrected chi connectivity index (χ0v) is 34.4. The van der Waals surface area contributed by atoms with Crippen molar-refractivity contribution in [1.29, 1.82) is 0 Å². The number of allylic oxidation sites excluding steroid dienone is 1. The van der Waals surface area contributed by atoms with Gasteiger partial charge in [-0.3, -0.25) is 14.4 Å². The molecule has 0 radical (unpaired) electrons. The normalized spacial score (nSPS) is 29.7. The summed E-state index contributed by atoms with van der Waals surface area (Å²) in [6, 6.07) is 3.06. The van der Waals surface area contributed by atoms with Crippen molar-refractivity contribution in [3.63, 3.8) is 0 Å². The van der Waals surface area contributed by atoms with E-state index in [2.05, 4.69) is 27.3 Å². The lowest BCUT2D eigenvalue weighted by atomic mass is 9.88. The van der Waals surface area contributed by atoms with E-state index in [9.17, 15) is 27.6 Å². The van der Waals surface area contributed by atoms with Crippen LogP contribution in [0.1, 0.15) is 79.6 Å². The number of rotatable bonds is 8. The number of carbonyl (C=O) groups excluding carboxylic acids is 4. The van der Waals surface area contributed by atoms with Crippen molar-refractivity contribution in [3.8, 4) is 17.4 Å². The van der Waals surface area contributed by atoms with E-state index in [1.807, 2.05) is 19.1 Å². The lowest BCUT2D eigenvalue weighted by molar-refractivity contribution is -0.142. The van der Waals surface area contributed by atoms with Crippen LogP contribution in [0.25, 0.3) is 10.8 Å². The van der Waals surface area contributed by atoms with E-state index in [0.717, 1.165) is 6.42 Å². The lowest BCUT2D eigenvalue weighted by Gasteiger charge is -2.33. The molecule has 1 aromatic heterocycles. The first-order valence-corrected chi connectivity index (χ1v) is 20.9. The Morgan fingerprint density at radius 1 is 1.07 bits per heavy atom. The fourth-order valence-electron chi connectivity index (χ4n) is 7.63. The molecule has 3 fully saturated rings. The number of alkyl halides is 1. The predicted octanol–water partition coefficient (Wildman–Crippen LogP) is 4.56. The van der Waals surface area contributed by atoms with Gasteiger partial charge < -0.3 is 34.5 Å². The number of fused-ring (bicyclic) bond motifs is 3. The summed E-state index contributed by atoms with van der Waals surface area (Å²) in [6.07, 6.45) is 6.23. The number of hydrogen-bond donors (Lipinski definition) is 3. The molecule has 7 atom stereocenters. The number of aromatic nitrogens is 1. The second-order valence-corrected chi connectivity index (χ2v) is 19.5. The monoisotopic (exact) mass is 817 g/mol. The van der Waals surface area contributed by atoms with Gasteiger partial charge >= 0.3 is 6.09 Å². The number of amides is 4. The zero-order valence-electron chi connectivity index (χ0n) is 32.8. The molecule has 1 aromatic carbocycles. The molecule has 2 aromatic rings.